The second kappa shape index (κ2) is 10.5. The topological polar surface area (TPSA) is 80.3 Å². The van der Waals surface area contributed by atoms with Gasteiger partial charge in [-0.25, -0.2) is 0 Å². The highest BCUT2D eigenvalue weighted by molar-refractivity contribution is 5.95. The number of nitrogens with one attached hydrogen (secondary N) is 1. The van der Waals surface area contributed by atoms with Gasteiger partial charge in [-0.1, -0.05) is 0 Å². The van der Waals surface area contributed by atoms with Crippen LogP contribution in [0.5, 0.6) is 11.5 Å². The highest BCUT2D eigenvalue weighted by Crippen LogP contribution is 2.29. The molecule has 1 aromatic rings. The van der Waals surface area contributed by atoms with Gasteiger partial charge in [-0.15, -0.1) is 0 Å². The molecule has 1 saturated heterocycles. The summed E-state index contributed by atoms with van der Waals surface area (Å²) in [6, 6.07) is 5.26. The Labute approximate surface area is 161 Å². The molecule has 0 aliphatic carbocycles. The lowest BCUT2D eigenvalue weighted by molar-refractivity contribution is 0.0598. The molecule has 0 spiro atoms. The number of β-amino-alcohol motifs (C(OH)–C–C–N with tert-alkyl or cyclic N) is 1. The number of nitrogens with zero attached hydrogens (tertiary/aromatic N) is 1. The van der Waals surface area contributed by atoms with E-state index in [4.69, 9.17) is 14.2 Å². The molecule has 1 aliphatic heterocycles. The van der Waals surface area contributed by atoms with E-state index in [1.165, 1.54) is 0 Å². The fourth-order valence-corrected chi connectivity index (χ4v) is 3.16. The highest BCUT2D eigenvalue weighted by atomic mass is 16.5. The molecule has 0 aromatic heterocycles. The smallest absolute Gasteiger partial charge is 0.254 e. The lowest BCUT2D eigenvalue weighted by atomic mass is 10.0. The first-order valence-corrected chi connectivity index (χ1v) is 9.47. The van der Waals surface area contributed by atoms with Crippen molar-refractivity contribution >= 4 is 5.91 Å². The minimum atomic E-state index is -0.422. The predicted molar refractivity (Wildman–Crippen MR) is 104 cm³/mol. The molecular formula is C20H32N2O5. The minimum absolute atomic E-state index is 0.0264. The average Bonchev–Trinajstić information content (AvgIpc) is 3.07. The first-order chi connectivity index (χ1) is 13.0. The molecular weight excluding hydrogens is 348 g/mol. The van der Waals surface area contributed by atoms with Crippen LogP contribution in [0, 0.1) is 5.92 Å². The molecule has 2 rings (SSSR count). The van der Waals surface area contributed by atoms with Gasteiger partial charge in [0.15, 0.2) is 11.5 Å². The summed E-state index contributed by atoms with van der Waals surface area (Å²) in [6.07, 6.45) is 0.331. The summed E-state index contributed by atoms with van der Waals surface area (Å²) in [6.45, 7) is 6.87. The van der Waals surface area contributed by atoms with Gasteiger partial charge in [-0.2, -0.15) is 0 Å². The Hall–Kier alpha value is -1.83. The van der Waals surface area contributed by atoms with E-state index in [-0.39, 0.29) is 17.9 Å². The van der Waals surface area contributed by atoms with Gasteiger partial charge in [0.2, 0.25) is 0 Å². The molecule has 0 radical (unpaired) electrons. The third-order valence-electron chi connectivity index (χ3n) is 4.78. The molecule has 1 fully saturated rings. The van der Waals surface area contributed by atoms with Gasteiger partial charge in [0, 0.05) is 57.3 Å². The van der Waals surface area contributed by atoms with Crippen LogP contribution in [0.3, 0.4) is 0 Å². The maximum Gasteiger partial charge on any atom is 0.254 e. The lowest BCUT2D eigenvalue weighted by Crippen LogP contribution is -2.43. The average molecular weight is 380 g/mol. The number of hydrogen-bond acceptors (Lipinski definition) is 6. The van der Waals surface area contributed by atoms with Gasteiger partial charge in [0.05, 0.1) is 19.8 Å². The number of hydrogen-bond donors (Lipinski definition) is 2. The Morgan fingerprint density at radius 3 is 2.63 bits per heavy atom. The maximum absolute atomic E-state index is 13.1. The monoisotopic (exact) mass is 380 g/mol. The lowest BCUT2D eigenvalue weighted by Gasteiger charge is -2.30. The van der Waals surface area contributed by atoms with Crippen LogP contribution in [0.2, 0.25) is 0 Å². The van der Waals surface area contributed by atoms with E-state index in [0.29, 0.717) is 49.9 Å². The molecule has 2 atom stereocenters. The van der Waals surface area contributed by atoms with Crippen LogP contribution in [-0.2, 0) is 4.74 Å². The fraction of sp³-hybridized carbons (Fsp3) is 0.650. The number of aliphatic hydroxyl groups is 1. The molecule has 1 aromatic carbocycles. The van der Waals surface area contributed by atoms with E-state index in [1.54, 1.807) is 37.3 Å². The van der Waals surface area contributed by atoms with Crippen molar-refractivity contribution in [2.24, 2.45) is 5.92 Å². The standard InChI is InChI=1S/C20H32N2O5/c1-14(2)22(13-16-11-21-12-17(16)23)20(24)15-6-7-18(26-4)19(10-15)27-9-5-8-25-3/h6-7,10,14,16-17,21,23H,5,8-9,11-13H2,1-4H3. The Kier molecular flexibility index (Phi) is 8.34. The zero-order valence-electron chi connectivity index (χ0n) is 16.7. The number of ether oxygens (including phenoxy) is 3. The van der Waals surface area contributed by atoms with Gasteiger partial charge in [0.1, 0.15) is 0 Å². The number of methoxy groups -OCH3 is 2. The van der Waals surface area contributed by atoms with E-state index in [0.717, 1.165) is 6.42 Å². The van der Waals surface area contributed by atoms with E-state index in [2.05, 4.69) is 5.32 Å². The molecule has 2 N–H and O–H groups in total. The highest BCUT2D eigenvalue weighted by Gasteiger charge is 2.30. The van der Waals surface area contributed by atoms with Crippen LogP contribution >= 0.6 is 0 Å². The van der Waals surface area contributed by atoms with Crippen molar-refractivity contribution in [3.63, 3.8) is 0 Å². The van der Waals surface area contributed by atoms with Gasteiger partial charge in [-0.05, 0) is 32.0 Å². The summed E-state index contributed by atoms with van der Waals surface area (Å²) in [5.74, 6) is 1.11. The Bertz CT molecular complexity index is 608. The summed E-state index contributed by atoms with van der Waals surface area (Å²) in [5, 5.41) is 13.2. The summed E-state index contributed by atoms with van der Waals surface area (Å²) in [4.78, 5) is 14.9. The Morgan fingerprint density at radius 1 is 1.26 bits per heavy atom. The van der Waals surface area contributed by atoms with Crippen molar-refractivity contribution in [2.75, 3.05) is 47.1 Å². The first kappa shape index (κ1) is 21.5. The molecule has 0 saturated carbocycles. The van der Waals surface area contributed by atoms with E-state index < -0.39 is 6.10 Å². The van der Waals surface area contributed by atoms with Crippen molar-refractivity contribution in [3.05, 3.63) is 23.8 Å². The zero-order valence-corrected chi connectivity index (χ0v) is 16.7. The number of carbonyl (C=O) groups is 1. The normalized spacial score (nSPS) is 19.3. The molecule has 2 unspecified atom stereocenters. The number of rotatable bonds is 10. The number of benzene rings is 1. The van der Waals surface area contributed by atoms with E-state index in [9.17, 15) is 9.90 Å². The Balaban J connectivity index is 2.14. The second-order valence-corrected chi connectivity index (χ2v) is 7.10. The van der Waals surface area contributed by atoms with Crippen LogP contribution in [0.1, 0.15) is 30.6 Å². The van der Waals surface area contributed by atoms with Crippen LogP contribution < -0.4 is 14.8 Å². The van der Waals surface area contributed by atoms with Crippen LogP contribution in [0.25, 0.3) is 0 Å². The van der Waals surface area contributed by atoms with Crippen LogP contribution in [0.15, 0.2) is 18.2 Å². The molecule has 1 amide bonds. The molecule has 27 heavy (non-hydrogen) atoms. The number of carbonyl (C=O) groups excluding carboxylic acids is 1. The van der Waals surface area contributed by atoms with Gasteiger partial charge in [-0.3, -0.25) is 4.79 Å². The van der Waals surface area contributed by atoms with E-state index >= 15 is 0 Å². The summed E-state index contributed by atoms with van der Waals surface area (Å²) in [5.41, 5.74) is 0.548. The van der Waals surface area contributed by atoms with Gasteiger partial charge >= 0.3 is 0 Å². The van der Waals surface area contributed by atoms with Gasteiger partial charge < -0.3 is 29.5 Å². The number of aliphatic hydroxyl groups excluding tert-OH is 1. The van der Waals surface area contributed by atoms with Crippen molar-refractivity contribution in [2.45, 2.75) is 32.4 Å². The second-order valence-electron chi connectivity index (χ2n) is 7.10. The van der Waals surface area contributed by atoms with Crippen molar-refractivity contribution in [1.29, 1.82) is 0 Å². The third-order valence-corrected chi connectivity index (χ3v) is 4.78. The molecule has 0 bridgehead atoms. The summed E-state index contributed by atoms with van der Waals surface area (Å²) >= 11 is 0. The first-order valence-electron chi connectivity index (χ1n) is 9.47. The molecule has 7 heteroatoms. The minimum Gasteiger partial charge on any atom is -0.493 e. The zero-order chi connectivity index (χ0) is 19.8. The Morgan fingerprint density at radius 2 is 2.04 bits per heavy atom. The summed E-state index contributed by atoms with van der Waals surface area (Å²) < 4.78 is 16.2. The predicted octanol–water partition coefficient (Wildman–Crippen LogP) is 1.54. The molecule has 152 valence electrons. The van der Waals surface area contributed by atoms with Crippen LogP contribution in [0.4, 0.5) is 0 Å². The fourth-order valence-electron chi connectivity index (χ4n) is 3.16. The quantitative estimate of drug-likeness (QED) is 0.600. The van der Waals surface area contributed by atoms with Crippen molar-refractivity contribution < 1.29 is 24.1 Å². The number of amides is 1. The van der Waals surface area contributed by atoms with Crippen molar-refractivity contribution in [3.8, 4) is 11.5 Å². The summed E-state index contributed by atoms with van der Waals surface area (Å²) in [7, 11) is 3.23. The molecule has 7 nitrogen and oxygen atoms in total. The maximum atomic E-state index is 13.1. The molecule has 1 aliphatic rings. The van der Waals surface area contributed by atoms with E-state index in [1.807, 2.05) is 13.8 Å². The largest absolute Gasteiger partial charge is 0.493 e. The van der Waals surface area contributed by atoms with Crippen molar-refractivity contribution in [1.82, 2.24) is 10.2 Å². The third kappa shape index (κ3) is 5.82. The SMILES string of the molecule is COCCCOc1cc(C(=O)N(CC2CNCC2O)C(C)C)ccc1OC. The molecule has 1 heterocycles. The van der Waals surface area contributed by atoms with Crippen LogP contribution in [-0.4, -0.2) is 75.1 Å². The van der Waals surface area contributed by atoms with Gasteiger partial charge in [0.25, 0.3) is 5.91 Å².